The lowest BCUT2D eigenvalue weighted by molar-refractivity contribution is -0.139. The highest BCUT2D eigenvalue weighted by Crippen LogP contribution is 2.12. The fourth-order valence-electron chi connectivity index (χ4n) is 0.762. The number of esters is 1. The maximum absolute atomic E-state index is 11.0. The molecule has 0 atom stereocenters. The van der Waals surface area contributed by atoms with E-state index in [1.807, 2.05) is 20.8 Å². The van der Waals surface area contributed by atoms with E-state index in [1.165, 1.54) is 6.08 Å². The maximum Gasteiger partial charge on any atom is 0.330 e. The minimum atomic E-state index is -0.279. The van der Waals surface area contributed by atoms with Gasteiger partial charge < -0.3 is 9.47 Å². The van der Waals surface area contributed by atoms with Crippen LogP contribution in [0.3, 0.4) is 0 Å². The second-order valence-electron chi connectivity index (χ2n) is 3.69. The van der Waals surface area contributed by atoms with E-state index in [0.29, 0.717) is 13.0 Å². The number of carbonyl (C=O) groups is 1. The van der Waals surface area contributed by atoms with Gasteiger partial charge in [0.25, 0.3) is 0 Å². The van der Waals surface area contributed by atoms with Crippen LogP contribution in [0.25, 0.3) is 0 Å². The first-order chi connectivity index (χ1) is 6.52. The molecule has 82 valence electrons. The molecule has 0 aliphatic rings. The van der Waals surface area contributed by atoms with Gasteiger partial charge in [-0.1, -0.05) is 13.0 Å². The first-order valence-corrected chi connectivity index (χ1v) is 4.90. The number of methoxy groups -OCH3 is 1. The summed E-state index contributed by atoms with van der Waals surface area (Å²) < 4.78 is 10.2. The summed E-state index contributed by atoms with van der Waals surface area (Å²) in [5.41, 5.74) is -0.227. The fraction of sp³-hybridized carbons (Fsp3) is 0.727. The molecule has 14 heavy (non-hydrogen) atoms. The van der Waals surface area contributed by atoms with Gasteiger partial charge in [-0.2, -0.15) is 0 Å². The SMILES string of the molecule is CCC=CC(=O)OCCC(C)(C)OC. The van der Waals surface area contributed by atoms with Crippen LogP contribution in [0.4, 0.5) is 0 Å². The molecule has 0 saturated heterocycles. The lowest BCUT2D eigenvalue weighted by Crippen LogP contribution is -2.25. The molecule has 0 aliphatic carbocycles. The van der Waals surface area contributed by atoms with Crippen molar-refractivity contribution in [3.63, 3.8) is 0 Å². The van der Waals surface area contributed by atoms with Crippen molar-refractivity contribution in [2.45, 2.75) is 39.2 Å². The van der Waals surface area contributed by atoms with Crippen LogP contribution in [0.1, 0.15) is 33.6 Å². The summed E-state index contributed by atoms with van der Waals surface area (Å²) in [4.78, 5) is 11.0. The number of carbonyl (C=O) groups excluding carboxylic acids is 1. The Hall–Kier alpha value is -0.830. The Bertz CT molecular complexity index is 195. The highest BCUT2D eigenvalue weighted by molar-refractivity contribution is 5.81. The molecule has 0 heterocycles. The van der Waals surface area contributed by atoms with Gasteiger partial charge in [-0.05, 0) is 20.3 Å². The molecule has 3 nitrogen and oxygen atoms in total. The van der Waals surface area contributed by atoms with Crippen LogP contribution in [0.5, 0.6) is 0 Å². The lowest BCUT2D eigenvalue weighted by Gasteiger charge is -2.21. The Balaban J connectivity index is 3.64. The molecule has 0 aromatic rings. The zero-order chi connectivity index (χ0) is 11.0. The summed E-state index contributed by atoms with van der Waals surface area (Å²) >= 11 is 0. The van der Waals surface area contributed by atoms with Crippen molar-refractivity contribution < 1.29 is 14.3 Å². The van der Waals surface area contributed by atoms with Gasteiger partial charge in [-0.3, -0.25) is 0 Å². The molecule has 0 radical (unpaired) electrons. The average Bonchev–Trinajstić information content (AvgIpc) is 2.14. The number of rotatable bonds is 6. The summed E-state index contributed by atoms with van der Waals surface area (Å²) in [5, 5.41) is 0. The third-order valence-electron chi connectivity index (χ3n) is 1.99. The average molecular weight is 200 g/mol. The van der Waals surface area contributed by atoms with Gasteiger partial charge in [-0.25, -0.2) is 4.79 Å². The standard InChI is InChI=1S/C11H20O3/c1-5-6-7-10(12)14-9-8-11(2,3)13-4/h6-7H,5,8-9H2,1-4H3. The van der Waals surface area contributed by atoms with E-state index in [4.69, 9.17) is 9.47 Å². The molecule has 0 rings (SSSR count). The Labute approximate surface area is 86.1 Å². The van der Waals surface area contributed by atoms with Gasteiger partial charge in [0.1, 0.15) is 0 Å². The van der Waals surface area contributed by atoms with E-state index in [2.05, 4.69) is 0 Å². The molecule has 0 amide bonds. The van der Waals surface area contributed by atoms with Crippen LogP contribution in [-0.4, -0.2) is 25.3 Å². The summed E-state index contributed by atoms with van der Waals surface area (Å²) in [5.74, 6) is -0.279. The van der Waals surface area contributed by atoms with Crippen molar-refractivity contribution in [2.75, 3.05) is 13.7 Å². The third-order valence-corrected chi connectivity index (χ3v) is 1.99. The van der Waals surface area contributed by atoms with E-state index in [1.54, 1.807) is 13.2 Å². The molecule has 0 aromatic carbocycles. The molecule has 0 fully saturated rings. The Morgan fingerprint density at radius 3 is 2.57 bits per heavy atom. The highest BCUT2D eigenvalue weighted by atomic mass is 16.5. The number of ether oxygens (including phenoxy) is 2. The van der Waals surface area contributed by atoms with Crippen molar-refractivity contribution in [3.8, 4) is 0 Å². The van der Waals surface area contributed by atoms with E-state index in [-0.39, 0.29) is 11.6 Å². The molecular weight excluding hydrogens is 180 g/mol. The topological polar surface area (TPSA) is 35.5 Å². The van der Waals surface area contributed by atoms with E-state index < -0.39 is 0 Å². The monoisotopic (exact) mass is 200 g/mol. The summed E-state index contributed by atoms with van der Waals surface area (Å²) in [6.07, 6.45) is 4.79. The fourth-order valence-corrected chi connectivity index (χ4v) is 0.762. The van der Waals surface area contributed by atoms with Gasteiger partial charge in [0.2, 0.25) is 0 Å². The molecule has 0 aromatic heterocycles. The van der Waals surface area contributed by atoms with Crippen LogP contribution in [0.15, 0.2) is 12.2 Å². The third kappa shape index (κ3) is 6.66. The first-order valence-electron chi connectivity index (χ1n) is 4.90. The van der Waals surface area contributed by atoms with Gasteiger partial charge in [-0.15, -0.1) is 0 Å². The molecule has 0 saturated carbocycles. The van der Waals surface area contributed by atoms with Gasteiger partial charge in [0.15, 0.2) is 0 Å². The summed E-state index contributed by atoms with van der Waals surface area (Å²) in [6, 6.07) is 0. The Morgan fingerprint density at radius 2 is 2.07 bits per heavy atom. The van der Waals surface area contributed by atoms with Gasteiger partial charge in [0.05, 0.1) is 12.2 Å². The Kier molecular flexibility index (Phi) is 6.21. The Morgan fingerprint density at radius 1 is 1.43 bits per heavy atom. The maximum atomic E-state index is 11.0. The van der Waals surface area contributed by atoms with E-state index in [0.717, 1.165) is 6.42 Å². The zero-order valence-corrected chi connectivity index (χ0v) is 9.50. The number of allylic oxidation sites excluding steroid dienone is 1. The number of hydrogen-bond acceptors (Lipinski definition) is 3. The first kappa shape index (κ1) is 13.2. The van der Waals surface area contributed by atoms with Crippen LogP contribution in [-0.2, 0) is 14.3 Å². The second-order valence-corrected chi connectivity index (χ2v) is 3.69. The molecule has 0 bridgehead atoms. The molecule has 0 spiro atoms. The van der Waals surface area contributed by atoms with Crippen LogP contribution >= 0.6 is 0 Å². The minimum Gasteiger partial charge on any atom is -0.462 e. The van der Waals surface area contributed by atoms with Gasteiger partial charge >= 0.3 is 5.97 Å². The van der Waals surface area contributed by atoms with Crippen molar-refractivity contribution in [1.82, 2.24) is 0 Å². The van der Waals surface area contributed by atoms with Crippen molar-refractivity contribution in [1.29, 1.82) is 0 Å². The quantitative estimate of drug-likeness (QED) is 0.487. The predicted octanol–water partition coefficient (Wildman–Crippen LogP) is 2.31. The van der Waals surface area contributed by atoms with Crippen molar-refractivity contribution in [2.24, 2.45) is 0 Å². The largest absolute Gasteiger partial charge is 0.462 e. The molecule has 0 N–H and O–H groups in total. The lowest BCUT2D eigenvalue weighted by atomic mass is 10.1. The molecule has 0 unspecified atom stereocenters. The summed E-state index contributed by atoms with van der Waals surface area (Å²) in [7, 11) is 1.65. The van der Waals surface area contributed by atoms with E-state index >= 15 is 0 Å². The normalized spacial score (nSPS) is 12.0. The minimum absolute atomic E-state index is 0.227. The summed E-state index contributed by atoms with van der Waals surface area (Å²) in [6.45, 7) is 6.29. The molecule has 3 heteroatoms. The van der Waals surface area contributed by atoms with E-state index in [9.17, 15) is 4.79 Å². The highest BCUT2D eigenvalue weighted by Gasteiger charge is 2.16. The zero-order valence-electron chi connectivity index (χ0n) is 9.50. The predicted molar refractivity (Wildman–Crippen MR) is 56.1 cm³/mol. The second kappa shape index (κ2) is 6.60. The van der Waals surface area contributed by atoms with Crippen LogP contribution < -0.4 is 0 Å². The van der Waals surface area contributed by atoms with Crippen molar-refractivity contribution >= 4 is 5.97 Å². The van der Waals surface area contributed by atoms with Crippen LogP contribution in [0.2, 0.25) is 0 Å². The number of hydrogen-bond donors (Lipinski definition) is 0. The smallest absolute Gasteiger partial charge is 0.330 e. The van der Waals surface area contributed by atoms with Crippen molar-refractivity contribution in [3.05, 3.63) is 12.2 Å². The van der Waals surface area contributed by atoms with Gasteiger partial charge in [0, 0.05) is 19.6 Å². The van der Waals surface area contributed by atoms with Crippen LogP contribution in [0, 0.1) is 0 Å². The molecule has 0 aliphatic heterocycles. The molecular formula is C11H20O3.